The summed E-state index contributed by atoms with van der Waals surface area (Å²) in [5, 5.41) is 35.2. The number of aromatic nitrogens is 1. The maximum atomic E-state index is 11.0. The van der Waals surface area contributed by atoms with Crippen LogP contribution in [0.5, 0.6) is 0 Å². The van der Waals surface area contributed by atoms with Crippen LogP contribution in [-0.2, 0) is 6.42 Å². The first-order valence-electron chi connectivity index (χ1n) is 5.95. The third-order valence-electron chi connectivity index (χ3n) is 2.62. The predicted octanol–water partition coefficient (Wildman–Crippen LogP) is 2.14. The van der Waals surface area contributed by atoms with Crippen LogP contribution in [-0.4, -0.2) is 25.1 Å². The molecule has 0 saturated carbocycles. The number of hydrogen-bond donors (Lipinski definition) is 1. The lowest BCUT2D eigenvalue weighted by atomic mass is 10.0. The van der Waals surface area contributed by atoms with Gasteiger partial charge in [-0.05, 0) is 23.8 Å². The van der Waals surface area contributed by atoms with Gasteiger partial charge in [0.05, 0.1) is 15.9 Å². The highest BCUT2D eigenvalue weighted by Crippen LogP contribution is 2.26. The van der Waals surface area contributed by atoms with E-state index in [2.05, 4.69) is 4.98 Å². The highest BCUT2D eigenvalue weighted by atomic mass is 16.9. The summed E-state index contributed by atoms with van der Waals surface area (Å²) in [6.45, 7) is 0. The molecule has 0 aliphatic rings. The van der Waals surface area contributed by atoms with E-state index in [1.807, 2.05) is 0 Å². The molecule has 11 nitrogen and oxygen atoms in total. The van der Waals surface area contributed by atoms with Crippen molar-refractivity contribution in [2.75, 3.05) is 0 Å². The van der Waals surface area contributed by atoms with Crippen molar-refractivity contribution in [3.8, 4) is 0 Å². The average Bonchev–Trinajstić information content (AvgIpc) is 2.47. The number of nitro groups is 2. The summed E-state index contributed by atoms with van der Waals surface area (Å²) in [7, 11) is 0. The predicted molar refractivity (Wildman–Crippen MR) is 75.6 cm³/mol. The lowest BCUT2D eigenvalue weighted by Crippen LogP contribution is -1.98. The van der Waals surface area contributed by atoms with Gasteiger partial charge in [0.1, 0.15) is 0 Å². The second kappa shape index (κ2) is 7.97. The molecule has 11 heteroatoms. The third-order valence-corrected chi connectivity index (χ3v) is 2.62. The summed E-state index contributed by atoms with van der Waals surface area (Å²) in [6.07, 6.45) is 3.51. The minimum atomic E-state index is -1.50. The molecule has 1 heterocycles. The first kappa shape index (κ1) is 17.4. The van der Waals surface area contributed by atoms with Crippen LogP contribution in [0.15, 0.2) is 42.7 Å². The quantitative estimate of drug-likeness (QED) is 0.660. The molecule has 0 aliphatic carbocycles. The van der Waals surface area contributed by atoms with Crippen molar-refractivity contribution in [1.82, 2.24) is 4.98 Å². The molecule has 0 bridgehead atoms. The normalized spacial score (nSPS) is 9.39. The first-order chi connectivity index (χ1) is 10.8. The number of benzene rings is 1. The molecule has 0 saturated heterocycles. The Bertz CT molecular complexity index is 717. The molecule has 0 amide bonds. The lowest BCUT2D eigenvalue weighted by molar-refractivity contribution is -0.742. The zero-order chi connectivity index (χ0) is 17.4. The van der Waals surface area contributed by atoms with Crippen molar-refractivity contribution >= 4 is 11.4 Å². The third kappa shape index (κ3) is 5.71. The molecule has 2 rings (SSSR count). The number of non-ortho nitro benzene ring substituents is 1. The molecule has 0 unspecified atom stereocenters. The molecule has 120 valence electrons. The zero-order valence-corrected chi connectivity index (χ0v) is 11.4. The van der Waals surface area contributed by atoms with Gasteiger partial charge >= 0.3 is 0 Å². The molecule has 1 aromatic heterocycles. The molecule has 23 heavy (non-hydrogen) atoms. The van der Waals surface area contributed by atoms with Crippen LogP contribution < -0.4 is 0 Å². The van der Waals surface area contributed by atoms with Crippen LogP contribution in [0.1, 0.15) is 11.1 Å². The van der Waals surface area contributed by atoms with Gasteiger partial charge in [-0.15, -0.1) is 10.1 Å². The fraction of sp³-hybridized carbons (Fsp3) is 0.0833. The van der Waals surface area contributed by atoms with Crippen molar-refractivity contribution in [2.24, 2.45) is 0 Å². The fourth-order valence-electron chi connectivity index (χ4n) is 1.71. The van der Waals surface area contributed by atoms with Crippen LogP contribution in [0, 0.1) is 30.3 Å². The maximum absolute atomic E-state index is 11.0. The summed E-state index contributed by atoms with van der Waals surface area (Å²) in [5.74, 6) is 0. The van der Waals surface area contributed by atoms with E-state index in [-0.39, 0.29) is 11.4 Å². The van der Waals surface area contributed by atoms with Gasteiger partial charge in [-0.25, -0.2) is 0 Å². The van der Waals surface area contributed by atoms with E-state index in [1.54, 1.807) is 24.5 Å². The van der Waals surface area contributed by atoms with Crippen LogP contribution in [0.3, 0.4) is 0 Å². The Kier molecular flexibility index (Phi) is 6.04. The molecule has 0 atom stereocenters. The number of nitro benzene ring substituents is 2. The molecule has 0 spiro atoms. The zero-order valence-electron chi connectivity index (χ0n) is 11.4. The van der Waals surface area contributed by atoms with Crippen molar-refractivity contribution in [3.05, 3.63) is 84.2 Å². The topological polar surface area (TPSA) is 163 Å². The second-order valence-electron chi connectivity index (χ2n) is 4.10. The van der Waals surface area contributed by atoms with Crippen molar-refractivity contribution in [2.45, 2.75) is 6.42 Å². The molecule has 0 aliphatic heterocycles. The van der Waals surface area contributed by atoms with E-state index in [1.165, 1.54) is 12.1 Å². The van der Waals surface area contributed by atoms with E-state index in [0.29, 0.717) is 12.0 Å². The summed E-state index contributed by atoms with van der Waals surface area (Å²) < 4.78 is 0. The fourth-order valence-corrected chi connectivity index (χ4v) is 1.71. The molecular formula is C12H10N4O7. The van der Waals surface area contributed by atoms with Gasteiger partial charge in [-0.2, -0.15) is 0 Å². The Morgan fingerprint density at radius 3 is 2.00 bits per heavy atom. The molecule has 0 radical (unpaired) electrons. The summed E-state index contributed by atoms with van der Waals surface area (Å²) >= 11 is 0. The lowest BCUT2D eigenvalue weighted by Gasteiger charge is -2.03. The van der Waals surface area contributed by atoms with E-state index in [9.17, 15) is 20.2 Å². The van der Waals surface area contributed by atoms with Gasteiger partial charge in [-0.1, -0.05) is 0 Å². The van der Waals surface area contributed by atoms with Gasteiger partial charge in [0.2, 0.25) is 0 Å². The van der Waals surface area contributed by atoms with E-state index < -0.39 is 14.9 Å². The minimum absolute atomic E-state index is 0.244. The summed E-state index contributed by atoms with van der Waals surface area (Å²) in [6, 6.07) is 7.15. The Morgan fingerprint density at radius 2 is 1.52 bits per heavy atom. The summed E-state index contributed by atoms with van der Waals surface area (Å²) in [5.41, 5.74) is 0.755. The molecule has 1 N–H and O–H groups in total. The highest BCUT2D eigenvalue weighted by Gasteiger charge is 2.19. The monoisotopic (exact) mass is 322 g/mol. The van der Waals surface area contributed by atoms with Crippen molar-refractivity contribution in [1.29, 1.82) is 0 Å². The largest absolute Gasteiger partial charge is 0.328 e. The van der Waals surface area contributed by atoms with E-state index >= 15 is 0 Å². The van der Waals surface area contributed by atoms with Crippen molar-refractivity contribution < 1.29 is 20.1 Å². The Morgan fingerprint density at radius 1 is 0.957 bits per heavy atom. The van der Waals surface area contributed by atoms with Gasteiger partial charge in [0.15, 0.2) is 0 Å². The smallest absolute Gasteiger partial charge is 0.291 e. The SMILES string of the molecule is O=[N+]([O-])O.O=[N+]([O-])c1ccc(Cc2ccncc2)c([N+](=O)[O-])c1. The first-order valence-corrected chi connectivity index (χ1v) is 5.95. The van der Waals surface area contributed by atoms with Crippen LogP contribution in [0.25, 0.3) is 0 Å². The number of rotatable bonds is 4. The van der Waals surface area contributed by atoms with Crippen LogP contribution >= 0.6 is 0 Å². The molecule has 1 aromatic carbocycles. The highest BCUT2D eigenvalue weighted by molar-refractivity contribution is 5.50. The molecular weight excluding hydrogens is 312 g/mol. The van der Waals surface area contributed by atoms with Gasteiger partial charge < -0.3 is 5.21 Å². The number of nitrogens with zero attached hydrogens (tertiary/aromatic N) is 4. The minimum Gasteiger partial charge on any atom is -0.328 e. The van der Waals surface area contributed by atoms with E-state index in [4.69, 9.17) is 15.3 Å². The Balaban J connectivity index is 0.000000593. The Labute approximate surface area is 128 Å². The second-order valence-corrected chi connectivity index (χ2v) is 4.10. The van der Waals surface area contributed by atoms with Gasteiger partial charge in [0, 0.05) is 30.4 Å². The molecule has 0 fully saturated rings. The van der Waals surface area contributed by atoms with Gasteiger partial charge in [0.25, 0.3) is 16.5 Å². The van der Waals surface area contributed by atoms with E-state index in [0.717, 1.165) is 11.6 Å². The molecule has 2 aromatic rings. The standard InChI is InChI=1S/C12H9N3O4.HNO3/c16-14(17)11-2-1-10(12(8-11)15(18)19)7-9-3-5-13-6-4-9;2-1(3)4/h1-6,8H,7H2;(H,2,3,4). The number of pyridine rings is 1. The van der Waals surface area contributed by atoms with Crippen molar-refractivity contribution in [3.63, 3.8) is 0 Å². The van der Waals surface area contributed by atoms with Crippen LogP contribution in [0.4, 0.5) is 11.4 Å². The van der Waals surface area contributed by atoms with Crippen LogP contribution in [0.2, 0.25) is 0 Å². The maximum Gasteiger partial charge on any atom is 0.291 e. The number of hydrogen-bond acceptors (Lipinski definition) is 7. The Hall–Kier alpha value is -3.63. The van der Waals surface area contributed by atoms with Gasteiger partial charge in [-0.3, -0.25) is 25.2 Å². The summed E-state index contributed by atoms with van der Waals surface area (Å²) in [4.78, 5) is 32.5. The average molecular weight is 322 g/mol.